The number of rotatable bonds is 1. The van der Waals surface area contributed by atoms with Gasteiger partial charge in [-0.25, -0.2) is 0 Å². The number of ether oxygens (including phenoxy) is 1. The highest BCUT2D eigenvalue weighted by Gasteiger charge is 2.11. The Hall–Kier alpha value is -1.09. The second-order valence-electron chi connectivity index (χ2n) is 2.46. The highest BCUT2D eigenvalue weighted by atomic mass is 35.5. The summed E-state index contributed by atoms with van der Waals surface area (Å²) in [6, 6.07) is 1.54. The summed E-state index contributed by atoms with van der Waals surface area (Å²) in [6.07, 6.45) is 0. The smallest absolute Gasteiger partial charge is 0.157 e. The van der Waals surface area contributed by atoms with E-state index in [-0.39, 0.29) is 16.5 Å². The van der Waals surface area contributed by atoms with Crippen LogP contribution in [0.3, 0.4) is 0 Å². The van der Waals surface area contributed by atoms with Crippen molar-refractivity contribution < 1.29 is 9.84 Å². The van der Waals surface area contributed by atoms with Crippen LogP contribution in [0.5, 0.6) is 11.5 Å². The molecule has 3 N–H and O–H groups in total. The minimum Gasteiger partial charge on any atom is -0.504 e. The van der Waals surface area contributed by atoms with Crippen LogP contribution in [0.4, 0.5) is 5.69 Å². The summed E-state index contributed by atoms with van der Waals surface area (Å²) in [5.74, 6) is 0.491. The van der Waals surface area contributed by atoms with Gasteiger partial charge in [-0.3, -0.25) is 0 Å². The Morgan fingerprint density at radius 1 is 1.58 bits per heavy atom. The third-order valence-electron chi connectivity index (χ3n) is 1.69. The third kappa shape index (κ3) is 1.28. The average Bonchev–Trinajstić information content (AvgIpc) is 2.08. The number of hydrogen-bond acceptors (Lipinski definition) is 3. The zero-order valence-corrected chi connectivity index (χ0v) is 7.64. The highest BCUT2D eigenvalue weighted by molar-refractivity contribution is 6.33. The fourth-order valence-electron chi connectivity index (χ4n) is 0.942. The maximum Gasteiger partial charge on any atom is 0.157 e. The zero-order valence-electron chi connectivity index (χ0n) is 6.89. The Labute approximate surface area is 75.7 Å². The van der Waals surface area contributed by atoms with Gasteiger partial charge in [-0.1, -0.05) is 11.6 Å². The number of methoxy groups -OCH3 is 1. The summed E-state index contributed by atoms with van der Waals surface area (Å²) in [4.78, 5) is 0. The number of nitrogen functional groups attached to an aromatic ring is 1. The maximum absolute atomic E-state index is 9.29. The second kappa shape index (κ2) is 3.11. The molecule has 1 aromatic rings. The molecule has 1 aromatic carbocycles. The average molecular weight is 188 g/mol. The van der Waals surface area contributed by atoms with Gasteiger partial charge in [0.05, 0.1) is 17.8 Å². The molecule has 66 valence electrons. The molecule has 0 atom stereocenters. The van der Waals surface area contributed by atoms with Crippen molar-refractivity contribution >= 4 is 17.3 Å². The molecular weight excluding hydrogens is 178 g/mol. The first kappa shape index (κ1) is 9.00. The van der Waals surface area contributed by atoms with Crippen molar-refractivity contribution in [2.24, 2.45) is 0 Å². The predicted octanol–water partition coefficient (Wildman–Crippen LogP) is 1.94. The molecule has 0 aliphatic heterocycles. The zero-order chi connectivity index (χ0) is 9.30. The summed E-state index contributed by atoms with van der Waals surface area (Å²) in [6.45, 7) is 1.75. The Kier molecular flexibility index (Phi) is 2.33. The van der Waals surface area contributed by atoms with Gasteiger partial charge in [0.15, 0.2) is 5.75 Å². The van der Waals surface area contributed by atoms with Crippen LogP contribution in [-0.2, 0) is 0 Å². The number of anilines is 1. The topological polar surface area (TPSA) is 55.5 Å². The van der Waals surface area contributed by atoms with E-state index >= 15 is 0 Å². The van der Waals surface area contributed by atoms with Crippen LogP contribution in [-0.4, -0.2) is 12.2 Å². The van der Waals surface area contributed by atoms with E-state index in [1.807, 2.05) is 0 Å². The third-order valence-corrected chi connectivity index (χ3v) is 2.15. The van der Waals surface area contributed by atoms with Crippen LogP contribution >= 0.6 is 11.6 Å². The normalized spacial score (nSPS) is 9.92. The van der Waals surface area contributed by atoms with Crippen molar-refractivity contribution in [1.82, 2.24) is 0 Å². The lowest BCUT2D eigenvalue weighted by Crippen LogP contribution is -1.93. The Balaban J connectivity index is 3.39. The molecule has 0 bridgehead atoms. The van der Waals surface area contributed by atoms with Crippen LogP contribution in [0, 0.1) is 6.92 Å². The maximum atomic E-state index is 9.29. The summed E-state index contributed by atoms with van der Waals surface area (Å²) in [5, 5.41) is 9.54. The number of phenolic OH excluding ortho intramolecular Hbond substituents is 1. The van der Waals surface area contributed by atoms with Crippen LogP contribution in [0.2, 0.25) is 5.02 Å². The number of aromatic hydroxyl groups is 1. The lowest BCUT2D eigenvalue weighted by Gasteiger charge is -2.09. The van der Waals surface area contributed by atoms with Crippen LogP contribution in [0.15, 0.2) is 6.07 Å². The lowest BCUT2D eigenvalue weighted by atomic mass is 10.2. The van der Waals surface area contributed by atoms with Gasteiger partial charge in [0.1, 0.15) is 5.75 Å². The van der Waals surface area contributed by atoms with Gasteiger partial charge in [0, 0.05) is 11.6 Å². The minimum atomic E-state index is -0.0880. The molecule has 0 heterocycles. The van der Waals surface area contributed by atoms with E-state index in [2.05, 4.69) is 0 Å². The molecule has 0 aliphatic rings. The summed E-state index contributed by atoms with van der Waals surface area (Å²) in [7, 11) is 1.52. The molecule has 0 amide bonds. The van der Waals surface area contributed by atoms with Gasteiger partial charge in [-0.05, 0) is 6.92 Å². The van der Waals surface area contributed by atoms with E-state index in [0.717, 1.165) is 0 Å². The summed E-state index contributed by atoms with van der Waals surface area (Å²) >= 11 is 5.76. The Morgan fingerprint density at radius 3 is 2.67 bits per heavy atom. The molecule has 1 rings (SSSR count). The number of benzene rings is 1. The van der Waals surface area contributed by atoms with E-state index in [9.17, 15) is 5.11 Å². The largest absolute Gasteiger partial charge is 0.504 e. The molecule has 0 fully saturated rings. The number of nitrogens with two attached hydrogens (primary N) is 1. The fraction of sp³-hybridized carbons (Fsp3) is 0.250. The van der Waals surface area contributed by atoms with Crippen LogP contribution in [0.25, 0.3) is 0 Å². The first-order chi connectivity index (χ1) is 5.57. The van der Waals surface area contributed by atoms with E-state index in [4.69, 9.17) is 22.1 Å². The van der Waals surface area contributed by atoms with Crippen molar-refractivity contribution in [3.05, 3.63) is 16.7 Å². The standard InChI is InChI=1S/C8H10ClNO2/c1-4-6(12-2)3-5(10)8(11)7(4)9/h3,11H,10H2,1-2H3. The monoisotopic (exact) mass is 187 g/mol. The number of halogens is 1. The highest BCUT2D eigenvalue weighted by Crippen LogP contribution is 2.38. The van der Waals surface area contributed by atoms with Gasteiger partial charge < -0.3 is 15.6 Å². The number of hydrogen-bond donors (Lipinski definition) is 2. The SMILES string of the molecule is COc1cc(N)c(O)c(Cl)c1C. The first-order valence-electron chi connectivity index (χ1n) is 3.39. The molecule has 0 saturated carbocycles. The van der Waals surface area contributed by atoms with Crippen LogP contribution in [0.1, 0.15) is 5.56 Å². The van der Waals surface area contributed by atoms with Gasteiger partial charge in [-0.2, -0.15) is 0 Å². The van der Waals surface area contributed by atoms with E-state index < -0.39 is 0 Å². The van der Waals surface area contributed by atoms with Gasteiger partial charge in [0.2, 0.25) is 0 Å². The molecule has 0 radical (unpaired) electrons. The minimum absolute atomic E-state index is 0.0880. The molecule has 4 heteroatoms. The predicted molar refractivity (Wildman–Crippen MR) is 48.8 cm³/mol. The molecule has 3 nitrogen and oxygen atoms in total. The van der Waals surface area contributed by atoms with Gasteiger partial charge in [-0.15, -0.1) is 0 Å². The molecular formula is C8H10ClNO2. The van der Waals surface area contributed by atoms with Crippen LogP contribution < -0.4 is 10.5 Å². The van der Waals surface area contributed by atoms with Crippen molar-refractivity contribution in [2.45, 2.75) is 6.92 Å². The van der Waals surface area contributed by atoms with E-state index in [0.29, 0.717) is 11.3 Å². The summed E-state index contributed by atoms with van der Waals surface area (Å²) < 4.78 is 4.99. The molecule has 0 saturated heterocycles. The molecule has 0 unspecified atom stereocenters. The molecule has 12 heavy (non-hydrogen) atoms. The van der Waals surface area contributed by atoms with Crippen molar-refractivity contribution in [3.8, 4) is 11.5 Å². The number of phenols is 1. The lowest BCUT2D eigenvalue weighted by molar-refractivity contribution is 0.409. The van der Waals surface area contributed by atoms with Gasteiger partial charge >= 0.3 is 0 Å². The Morgan fingerprint density at radius 2 is 2.17 bits per heavy atom. The van der Waals surface area contributed by atoms with Crippen molar-refractivity contribution in [3.63, 3.8) is 0 Å². The van der Waals surface area contributed by atoms with Gasteiger partial charge in [0.25, 0.3) is 0 Å². The second-order valence-corrected chi connectivity index (χ2v) is 2.83. The molecule has 0 aliphatic carbocycles. The van der Waals surface area contributed by atoms with E-state index in [1.54, 1.807) is 6.92 Å². The van der Waals surface area contributed by atoms with Crippen molar-refractivity contribution in [1.29, 1.82) is 0 Å². The first-order valence-corrected chi connectivity index (χ1v) is 3.77. The quantitative estimate of drug-likeness (QED) is 0.522. The van der Waals surface area contributed by atoms with Crippen molar-refractivity contribution in [2.75, 3.05) is 12.8 Å². The van der Waals surface area contributed by atoms with E-state index in [1.165, 1.54) is 13.2 Å². The molecule has 0 spiro atoms. The molecule has 0 aromatic heterocycles. The Bertz CT molecular complexity index is 312. The summed E-state index contributed by atoms with van der Waals surface area (Å²) in [5.41, 5.74) is 6.36. The fourth-order valence-corrected chi connectivity index (χ4v) is 1.14.